The Morgan fingerprint density at radius 1 is 1.18 bits per heavy atom. The molecule has 0 atom stereocenters. The third kappa shape index (κ3) is 4.74. The van der Waals surface area contributed by atoms with E-state index in [9.17, 15) is 21.6 Å². The minimum Gasteiger partial charge on any atom is -0.312 e. The van der Waals surface area contributed by atoms with Gasteiger partial charge in [0.2, 0.25) is 0 Å². The van der Waals surface area contributed by atoms with Gasteiger partial charge in [-0.1, -0.05) is 0 Å². The molecule has 3 nitrogen and oxygen atoms in total. The molecule has 0 aliphatic heterocycles. The molecule has 0 aliphatic carbocycles. The standard InChI is InChI=1S/C10H12F3NO2S/c1-17(15,16)3-2-14-6-7-4-8(11)10(13)9(12)5-7/h4-5,14H,2-3,6H2,1H3. The quantitative estimate of drug-likeness (QED) is 0.645. The molecule has 0 bridgehead atoms. The first kappa shape index (κ1) is 14.0. The zero-order chi connectivity index (χ0) is 13.1. The van der Waals surface area contributed by atoms with Gasteiger partial charge in [-0.3, -0.25) is 0 Å². The first-order chi connectivity index (χ1) is 7.79. The molecule has 7 heteroatoms. The van der Waals surface area contributed by atoms with Gasteiger partial charge < -0.3 is 5.32 Å². The van der Waals surface area contributed by atoms with E-state index in [-0.39, 0.29) is 24.4 Å². The van der Waals surface area contributed by atoms with Gasteiger partial charge in [-0.15, -0.1) is 0 Å². The van der Waals surface area contributed by atoms with Crippen molar-refractivity contribution in [3.63, 3.8) is 0 Å². The van der Waals surface area contributed by atoms with E-state index >= 15 is 0 Å². The Kier molecular flexibility index (Phi) is 4.53. The Morgan fingerprint density at radius 3 is 2.18 bits per heavy atom. The molecular formula is C10H12F3NO2S. The summed E-state index contributed by atoms with van der Waals surface area (Å²) in [5, 5.41) is 2.70. The lowest BCUT2D eigenvalue weighted by Gasteiger charge is -2.05. The molecule has 0 unspecified atom stereocenters. The van der Waals surface area contributed by atoms with E-state index in [1.807, 2.05) is 0 Å². The fourth-order valence-corrected chi connectivity index (χ4v) is 1.72. The Labute approximate surface area is 97.6 Å². The summed E-state index contributed by atoms with van der Waals surface area (Å²) in [5.74, 6) is -4.10. The Bertz CT molecular complexity index is 479. The molecule has 1 rings (SSSR count). The molecule has 0 radical (unpaired) electrons. The number of nitrogens with one attached hydrogen (secondary N) is 1. The second-order valence-corrected chi connectivity index (χ2v) is 5.94. The monoisotopic (exact) mass is 267 g/mol. The maximum absolute atomic E-state index is 12.8. The van der Waals surface area contributed by atoms with Crippen LogP contribution in [0, 0.1) is 17.5 Å². The summed E-state index contributed by atoms with van der Waals surface area (Å²) in [6.07, 6.45) is 1.09. The maximum Gasteiger partial charge on any atom is 0.194 e. The highest BCUT2D eigenvalue weighted by atomic mass is 32.2. The molecule has 0 saturated carbocycles. The molecule has 1 aromatic rings. The van der Waals surface area contributed by atoms with Crippen molar-refractivity contribution in [3.8, 4) is 0 Å². The zero-order valence-corrected chi connectivity index (χ0v) is 9.95. The van der Waals surface area contributed by atoms with E-state index < -0.39 is 27.3 Å². The van der Waals surface area contributed by atoms with Crippen molar-refractivity contribution in [1.82, 2.24) is 5.32 Å². The van der Waals surface area contributed by atoms with Crippen molar-refractivity contribution in [2.24, 2.45) is 0 Å². The van der Waals surface area contributed by atoms with Gasteiger partial charge in [0.05, 0.1) is 5.75 Å². The SMILES string of the molecule is CS(=O)(=O)CCNCc1cc(F)c(F)c(F)c1. The van der Waals surface area contributed by atoms with Gasteiger partial charge in [0.1, 0.15) is 9.84 Å². The van der Waals surface area contributed by atoms with Crippen molar-refractivity contribution >= 4 is 9.84 Å². The first-order valence-electron chi connectivity index (χ1n) is 4.81. The lowest BCUT2D eigenvalue weighted by Crippen LogP contribution is -2.22. The number of halogens is 3. The molecule has 96 valence electrons. The number of hydrogen-bond donors (Lipinski definition) is 1. The summed E-state index contributed by atoms with van der Waals surface area (Å²) in [4.78, 5) is 0. The van der Waals surface area contributed by atoms with Crippen molar-refractivity contribution < 1.29 is 21.6 Å². The largest absolute Gasteiger partial charge is 0.312 e. The van der Waals surface area contributed by atoms with Crippen LogP contribution in [0.4, 0.5) is 13.2 Å². The van der Waals surface area contributed by atoms with Crippen molar-refractivity contribution in [2.45, 2.75) is 6.54 Å². The second-order valence-electron chi connectivity index (χ2n) is 3.68. The smallest absolute Gasteiger partial charge is 0.194 e. The number of sulfone groups is 1. The van der Waals surface area contributed by atoms with Crippen molar-refractivity contribution in [1.29, 1.82) is 0 Å². The number of rotatable bonds is 5. The highest BCUT2D eigenvalue weighted by molar-refractivity contribution is 7.90. The van der Waals surface area contributed by atoms with Gasteiger partial charge in [-0.2, -0.15) is 0 Å². The molecule has 1 aromatic carbocycles. The first-order valence-corrected chi connectivity index (χ1v) is 6.87. The van der Waals surface area contributed by atoms with Gasteiger partial charge in [-0.25, -0.2) is 21.6 Å². The summed E-state index contributed by atoms with van der Waals surface area (Å²) >= 11 is 0. The second kappa shape index (κ2) is 5.50. The molecule has 0 saturated heterocycles. The average Bonchev–Trinajstić information content (AvgIpc) is 2.19. The summed E-state index contributed by atoms with van der Waals surface area (Å²) in [7, 11) is -3.07. The summed E-state index contributed by atoms with van der Waals surface area (Å²) in [5.41, 5.74) is 0.218. The van der Waals surface area contributed by atoms with Crippen molar-refractivity contribution in [2.75, 3.05) is 18.6 Å². The number of benzene rings is 1. The van der Waals surface area contributed by atoms with E-state index in [0.717, 1.165) is 18.4 Å². The van der Waals surface area contributed by atoms with Gasteiger partial charge in [0.25, 0.3) is 0 Å². The van der Waals surface area contributed by atoms with Crippen LogP contribution in [0.15, 0.2) is 12.1 Å². The molecule has 1 N–H and O–H groups in total. The Balaban J connectivity index is 2.53. The molecule has 0 heterocycles. The van der Waals surface area contributed by atoms with Crippen LogP contribution in [-0.4, -0.2) is 27.0 Å². The fraction of sp³-hybridized carbons (Fsp3) is 0.400. The number of hydrogen-bond acceptors (Lipinski definition) is 3. The minimum atomic E-state index is -3.07. The summed E-state index contributed by atoms with van der Waals surface area (Å²) < 4.78 is 59.8. The van der Waals surface area contributed by atoms with Gasteiger partial charge in [-0.05, 0) is 17.7 Å². The molecule has 0 aromatic heterocycles. The van der Waals surface area contributed by atoms with Crippen LogP contribution in [0.2, 0.25) is 0 Å². The Hall–Kier alpha value is -1.08. The van der Waals surface area contributed by atoms with Gasteiger partial charge in [0, 0.05) is 19.3 Å². The van der Waals surface area contributed by atoms with E-state index in [4.69, 9.17) is 0 Å². The summed E-state index contributed by atoms with van der Waals surface area (Å²) in [6.45, 7) is 0.239. The third-order valence-corrected chi connectivity index (χ3v) is 2.97. The minimum absolute atomic E-state index is 0.0703. The van der Waals surface area contributed by atoms with E-state index in [1.54, 1.807) is 0 Å². The van der Waals surface area contributed by atoms with E-state index in [2.05, 4.69) is 5.32 Å². The predicted molar refractivity (Wildman–Crippen MR) is 57.7 cm³/mol. The van der Waals surface area contributed by atoms with Crippen LogP contribution >= 0.6 is 0 Å². The average molecular weight is 267 g/mol. The predicted octanol–water partition coefficient (Wildman–Crippen LogP) is 1.24. The highest BCUT2D eigenvalue weighted by Crippen LogP contribution is 2.13. The van der Waals surface area contributed by atoms with Crippen LogP contribution in [0.5, 0.6) is 0 Å². The topological polar surface area (TPSA) is 46.2 Å². The molecule has 0 aliphatic rings. The zero-order valence-electron chi connectivity index (χ0n) is 9.13. The molecule has 0 fully saturated rings. The molecular weight excluding hydrogens is 255 g/mol. The van der Waals surface area contributed by atoms with Gasteiger partial charge >= 0.3 is 0 Å². The van der Waals surface area contributed by atoms with Gasteiger partial charge in [0.15, 0.2) is 17.5 Å². The normalized spacial score (nSPS) is 11.8. The fourth-order valence-electron chi connectivity index (χ4n) is 1.20. The molecule has 0 spiro atoms. The summed E-state index contributed by atoms with van der Waals surface area (Å²) in [6, 6.07) is 1.73. The lowest BCUT2D eigenvalue weighted by atomic mass is 10.2. The van der Waals surface area contributed by atoms with Crippen LogP contribution < -0.4 is 5.32 Å². The van der Waals surface area contributed by atoms with E-state index in [1.165, 1.54) is 0 Å². The molecule has 0 amide bonds. The highest BCUT2D eigenvalue weighted by Gasteiger charge is 2.10. The van der Waals surface area contributed by atoms with Crippen LogP contribution in [0.25, 0.3) is 0 Å². The van der Waals surface area contributed by atoms with Crippen molar-refractivity contribution in [3.05, 3.63) is 35.1 Å². The third-order valence-electron chi connectivity index (χ3n) is 2.02. The van der Waals surface area contributed by atoms with Crippen LogP contribution in [0.1, 0.15) is 5.56 Å². The van der Waals surface area contributed by atoms with Crippen LogP contribution in [0.3, 0.4) is 0 Å². The van der Waals surface area contributed by atoms with E-state index in [0.29, 0.717) is 0 Å². The Morgan fingerprint density at radius 2 is 1.71 bits per heavy atom. The molecule has 17 heavy (non-hydrogen) atoms. The lowest BCUT2D eigenvalue weighted by molar-refractivity contribution is 0.444. The van der Waals surface area contributed by atoms with Crippen LogP contribution in [-0.2, 0) is 16.4 Å². The maximum atomic E-state index is 12.8.